The molecule has 0 fully saturated rings. The molecule has 1 unspecified atom stereocenters. The Morgan fingerprint density at radius 2 is 1.04 bits per heavy atom. The second-order valence-corrected chi connectivity index (χ2v) is 9.71. The van der Waals surface area contributed by atoms with Crippen LogP contribution in [0.2, 0.25) is 0 Å². The van der Waals surface area contributed by atoms with Gasteiger partial charge in [-0.2, -0.15) is 0 Å². The van der Waals surface area contributed by atoms with Gasteiger partial charge in [-0.25, -0.2) is 0 Å². The first-order chi connectivity index (χ1) is 10.1. The quantitative estimate of drug-likeness (QED) is 0.330. The maximum absolute atomic E-state index is 2.43. The predicted octanol–water partition coefficient (Wildman–Crippen LogP) is 8.16. The van der Waals surface area contributed by atoms with Crippen molar-refractivity contribution >= 4 is 37.2 Å². The molecule has 0 radical (unpaired) electrons. The zero-order chi connectivity index (χ0) is 17.0. The van der Waals surface area contributed by atoms with E-state index in [1.807, 2.05) is 0 Å². The second-order valence-electron chi connectivity index (χ2n) is 8.87. The van der Waals surface area contributed by atoms with E-state index in [2.05, 4.69) is 75.8 Å². The molecule has 4 heteroatoms. The van der Waals surface area contributed by atoms with Gasteiger partial charge in [-0.3, -0.25) is 0 Å². The van der Waals surface area contributed by atoms with Crippen molar-refractivity contribution in [2.24, 2.45) is 29.6 Å². The Labute approximate surface area is 188 Å². The largest absolute Gasteiger partial charge is 0.147 e. The van der Waals surface area contributed by atoms with Crippen LogP contribution in [0.4, 0.5) is 0 Å². The molecule has 25 heavy (non-hydrogen) atoms. The molecule has 0 nitrogen and oxygen atoms in total. The molecule has 0 aromatic heterocycles. The Bertz CT molecular complexity index is 434. The molecular formula is C21H40Cl3Ti. The monoisotopic (exact) mass is 445 g/mol. The van der Waals surface area contributed by atoms with E-state index in [-0.39, 0.29) is 37.2 Å². The van der Waals surface area contributed by atoms with E-state index in [1.165, 1.54) is 25.7 Å². The summed E-state index contributed by atoms with van der Waals surface area (Å²) in [5, 5.41) is 0. The Morgan fingerprint density at radius 1 is 0.640 bits per heavy atom. The predicted molar refractivity (Wildman–Crippen MR) is 117 cm³/mol. The summed E-state index contributed by atoms with van der Waals surface area (Å²) >= 11 is 2.43. The first-order valence-corrected chi connectivity index (χ1v) is 10.1. The van der Waals surface area contributed by atoms with Crippen LogP contribution in [0.15, 0.2) is 20.6 Å². The number of rotatable bonds is 8. The van der Waals surface area contributed by atoms with E-state index in [1.54, 1.807) is 20.6 Å². The minimum Gasteiger partial charge on any atom is -0.147 e. The number of allylic oxidation sites excluding steroid dienone is 4. The van der Waals surface area contributed by atoms with Gasteiger partial charge in [-0.05, 0) is 0 Å². The van der Waals surface area contributed by atoms with Crippen LogP contribution in [-0.4, -0.2) is 0 Å². The Hall–Kier alpha value is 1.06. The van der Waals surface area contributed by atoms with Gasteiger partial charge in [0, 0.05) is 0 Å². The molecule has 0 bridgehead atoms. The van der Waals surface area contributed by atoms with Crippen molar-refractivity contribution < 1.29 is 20.4 Å². The summed E-state index contributed by atoms with van der Waals surface area (Å²) in [5.41, 5.74) is 5.27. The van der Waals surface area contributed by atoms with Gasteiger partial charge in [0.15, 0.2) is 0 Å². The van der Waals surface area contributed by atoms with Crippen molar-refractivity contribution in [3.8, 4) is 0 Å². The third-order valence-electron chi connectivity index (χ3n) is 4.41. The van der Waals surface area contributed by atoms with Crippen LogP contribution in [0.3, 0.4) is 0 Å². The summed E-state index contributed by atoms with van der Waals surface area (Å²) in [6, 6.07) is 0. The number of hydrogen-bond acceptors (Lipinski definition) is 0. The van der Waals surface area contributed by atoms with E-state index in [4.69, 9.17) is 0 Å². The summed E-state index contributed by atoms with van der Waals surface area (Å²) in [7, 11) is 0. The summed E-state index contributed by atoms with van der Waals surface area (Å²) in [5.74, 6) is 3.78. The average molecular weight is 447 g/mol. The third kappa shape index (κ3) is 9.71. The van der Waals surface area contributed by atoms with Crippen molar-refractivity contribution in [3.63, 3.8) is 0 Å². The van der Waals surface area contributed by atoms with Crippen molar-refractivity contribution in [3.05, 3.63) is 20.6 Å². The van der Waals surface area contributed by atoms with Crippen LogP contribution < -0.4 is 0 Å². The van der Waals surface area contributed by atoms with Gasteiger partial charge < -0.3 is 0 Å². The molecule has 0 saturated carbocycles. The number of halogens is 3. The molecule has 0 aromatic rings. The van der Waals surface area contributed by atoms with Crippen molar-refractivity contribution in [2.75, 3.05) is 0 Å². The zero-order valence-electron chi connectivity index (χ0n) is 17.4. The van der Waals surface area contributed by atoms with Gasteiger partial charge in [-0.15, -0.1) is 37.2 Å². The standard InChI is InChI=1S/C21H37.3ClH.Ti/c1-14(2)9-18-13-19(10-15(3)4)21(12-17(7)8)20(18)11-16(5)6;;;;/h14-18H,9-12H2,1-8H3;3*1H;. The van der Waals surface area contributed by atoms with Crippen LogP contribution in [0.25, 0.3) is 0 Å². The summed E-state index contributed by atoms with van der Waals surface area (Å²) in [4.78, 5) is 0. The van der Waals surface area contributed by atoms with E-state index in [0.717, 1.165) is 29.6 Å². The van der Waals surface area contributed by atoms with E-state index < -0.39 is 0 Å². The SMILES string of the molecule is CC(C)CC1=[C]([Ti])C(CC(C)C)C(CC(C)C)=C1CC(C)C.Cl.Cl.Cl. The summed E-state index contributed by atoms with van der Waals surface area (Å²) in [6.07, 6.45) is 5.16. The second kappa shape index (κ2) is 14.1. The van der Waals surface area contributed by atoms with Gasteiger partial charge in [-0.1, -0.05) is 0 Å². The first-order valence-electron chi connectivity index (χ1n) is 9.30. The van der Waals surface area contributed by atoms with Gasteiger partial charge in [0.05, 0.1) is 0 Å². The molecule has 0 spiro atoms. The Balaban J connectivity index is -0.00000161. The van der Waals surface area contributed by atoms with Crippen molar-refractivity contribution in [2.45, 2.75) is 81.1 Å². The molecule has 1 aliphatic carbocycles. The van der Waals surface area contributed by atoms with Gasteiger partial charge in [0.2, 0.25) is 0 Å². The topological polar surface area (TPSA) is 0 Å². The van der Waals surface area contributed by atoms with E-state index >= 15 is 0 Å². The van der Waals surface area contributed by atoms with E-state index in [0.29, 0.717) is 0 Å². The summed E-state index contributed by atoms with van der Waals surface area (Å²) < 4.78 is 1.70. The van der Waals surface area contributed by atoms with E-state index in [9.17, 15) is 0 Å². The van der Waals surface area contributed by atoms with Crippen LogP contribution in [0.1, 0.15) is 81.1 Å². The first kappa shape index (κ1) is 30.8. The molecule has 0 saturated heterocycles. The van der Waals surface area contributed by atoms with Crippen LogP contribution in [-0.2, 0) is 20.4 Å². The van der Waals surface area contributed by atoms with Crippen LogP contribution in [0.5, 0.6) is 0 Å². The van der Waals surface area contributed by atoms with Gasteiger partial charge >= 0.3 is 152 Å². The fourth-order valence-electron chi connectivity index (χ4n) is 3.69. The summed E-state index contributed by atoms with van der Waals surface area (Å²) in [6.45, 7) is 19.0. The number of hydrogen-bond donors (Lipinski definition) is 0. The Kier molecular flexibility index (Phi) is 17.4. The molecule has 1 rings (SSSR count). The minimum atomic E-state index is 0. The molecule has 0 aliphatic heterocycles. The molecule has 1 atom stereocenters. The fraction of sp³-hybridized carbons (Fsp3) is 0.810. The molecule has 0 amide bonds. The molecule has 1 aliphatic rings. The molecule has 0 aromatic carbocycles. The zero-order valence-corrected chi connectivity index (χ0v) is 21.5. The third-order valence-corrected chi connectivity index (χ3v) is 5.42. The van der Waals surface area contributed by atoms with Gasteiger partial charge in [0.1, 0.15) is 0 Å². The molecule has 0 heterocycles. The maximum Gasteiger partial charge on any atom is -0.147 e. The average Bonchev–Trinajstić information content (AvgIpc) is 2.54. The smallest absolute Gasteiger partial charge is 0.147 e. The van der Waals surface area contributed by atoms with Crippen molar-refractivity contribution in [1.29, 1.82) is 0 Å². The van der Waals surface area contributed by atoms with Crippen LogP contribution in [0, 0.1) is 29.6 Å². The van der Waals surface area contributed by atoms with Crippen LogP contribution >= 0.6 is 37.2 Å². The molecular weight excluding hydrogens is 406 g/mol. The molecule has 0 N–H and O–H groups in total. The van der Waals surface area contributed by atoms with Gasteiger partial charge in [0.25, 0.3) is 0 Å². The maximum atomic E-state index is 2.43. The van der Waals surface area contributed by atoms with Crippen molar-refractivity contribution in [1.82, 2.24) is 0 Å². The molecule has 149 valence electrons. The minimum absolute atomic E-state index is 0. The fourth-order valence-corrected chi connectivity index (χ4v) is 4.54. The normalized spacial score (nSPS) is 17.3. The Morgan fingerprint density at radius 3 is 1.40 bits per heavy atom.